The molecule has 4 aromatic rings. The zero-order chi connectivity index (χ0) is 22.0. The summed E-state index contributed by atoms with van der Waals surface area (Å²) in [5.41, 5.74) is 1.09. The monoisotopic (exact) mass is 436 g/mol. The van der Waals surface area contributed by atoms with Crippen LogP contribution in [0.5, 0.6) is 0 Å². The van der Waals surface area contributed by atoms with Gasteiger partial charge in [-0.25, -0.2) is 19.7 Å². The predicted molar refractivity (Wildman–Crippen MR) is 117 cm³/mol. The molecule has 31 heavy (non-hydrogen) atoms. The van der Waals surface area contributed by atoms with Crippen LogP contribution < -0.4 is 10.2 Å². The van der Waals surface area contributed by atoms with Gasteiger partial charge < -0.3 is 15.0 Å². The van der Waals surface area contributed by atoms with Gasteiger partial charge in [0.25, 0.3) is 0 Å². The highest BCUT2D eigenvalue weighted by molar-refractivity contribution is 7.22. The van der Waals surface area contributed by atoms with Crippen molar-refractivity contribution >= 4 is 55.7 Å². The number of para-hydroxylation sites is 2. The van der Waals surface area contributed by atoms with E-state index in [2.05, 4.69) is 20.3 Å². The van der Waals surface area contributed by atoms with Crippen LogP contribution in [0.3, 0.4) is 0 Å². The second kappa shape index (κ2) is 8.32. The van der Waals surface area contributed by atoms with Crippen LogP contribution >= 0.6 is 11.3 Å². The maximum atomic E-state index is 12.1. The quantitative estimate of drug-likeness (QED) is 0.268. The molecule has 0 saturated heterocycles. The lowest BCUT2D eigenvalue weighted by Crippen LogP contribution is -2.18. The van der Waals surface area contributed by atoms with Crippen molar-refractivity contribution in [2.45, 2.75) is 0 Å². The molecule has 0 aliphatic heterocycles. The maximum Gasteiger partial charge on any atom is 0.354 e. The van der Waals surface area contributed by atoms with Crippen molar-refractivity contribution in [2.75, 3.05) is 24.4 Å². The molecule has 4 rings (SSSR count). The minimum Gasteiger partial charge on any atom is -0.465 e. The fourth-order valence-electron chi connectivity index (χ4n) is 3.06. The molecule has 0 amide bonds. The van der Waals surface area contributed by atoms with E-state index >= 15 is 0 Å². The molecule has 0 saturated carbocycles. The Balaban J connectivity index is 1.78. The van der Waals surface area contributed by atoms with Crippen LogP contribution in [0.1, 0.15) is 10.4 Å². The lowest BCUT2D eigenvalue weighted by molar-refractivity contribution is -0.383. The van der Waals surface area contributed by atoms with Crippen LogP contribution in [-0.2, 0) is 4.74 Å². The highest BCUT2D eigenvalue weighted by Crippen LogP contribution is 2.38. The van der Waals surface area contributed by atoms with Gasteiger partial charge in [-0.3, -0.25) is 10.1 Å². The standard InChI is InChI=1S/C20H16N6O4S/c1-25(14-9-5-3-7-12(14)19(27)30-2)18-16(26(28)29)17(21-11-22-18)24-20-23-13-8-4-6-10-15(13)31-20/h3-11H,1-2H3,(H,21,22,23,24). The van der Waals surface area contributed by atoms with Crippen LogP contribution in [0.4, 0.5) is 28.1 Å². The van der Waals surface area contributed by atoms with Crippen molar-refractivity contribution in [3.05, 3.63) is 70.5 Å². The number of fused-ring (bicyclic) bond motifs is 1. The summed E-state index contributed by atoms with van der Waals surface area (Å²) in [6.07, 6.45) is 1.22. The number of thiazole rings is 1. The number of nitro groups is 1. The molecular formula is C20H16N6O4S. The number of nitrogens with zero attached hydrogens (tertiary/aromatic N) is 5. The number of hydrogen-bond donors (Lipinski definition) is 1. The van der Waals surface area contributed by atoms with E-state index in [-0.39, 0.29) is 22.9 Å². The first kappa shape index (κ1) is 20.2. The lowest BCUT2D eigenvalue weighted by atomic mass is 10.1. The highest BCUT2D eigenvalue weighted by Gasteiger charge is 2.28. The van der Waals surface area contributed by atoms with Crippen LogP contribution in [0.25, 0.3) is 10.2 Å². The second-order valence-electron chi connectivity index (χ2n) is 6.33. The molecular weight excluding hydrogens is 420 g/mol. The molecule has 0 spiro atoms. The number of aromatic nitrogens is 3. The highest BCUT2D eigenvalue weighted by atomic mass is 32.1. The number of carbonyl (C=O) groups excluding carboxylic acids is 1. The summed E-state index contributed by atoms with van der Waals surface area (Å²) < 4.78 is 5.76. The molecule has 2 aromatic carbocycles. The summed E-state index contributed by atoms with van der Waals surface area (Å²) in [6, 6.07) is 14.1. The summed E-state index contributed by atoms with van der Waals surface area (Å²) in [4.78, 5) is 37.6. The number of methoxy groups -OCH3 is 1. The molecule has 0 bridgehead atoms. The number of nitrogens with one attached hydrogen (secondary N) is 1. The first-order valence-electron chi connectivity index (χ1n) is 9.02. The number of benzene rings is 2. The minimum absolute atomic E-state index is 0.00328. The normalized spacial score (nSPS) is 10.6. The Kier molecular flexibility index (Phi) is 5.41. The molecule has 10 nitrogen and oxygen atoms in total. The Hall–Kier alpha value is -4.12. The number of rotatable bonds is 6. The van der Waals surface area contributed by atoms with Gasteiger partial charge in [0.2, 0.25) is 11.6 Å². The van der Waals surface area contributed by atoms with Crippen LogP contribution in [-0.4, -0.2) is 40.0 Å². The zero-order valence-corrected chi connectivity index (χ0v) is 17.3. The van der Waals surface area contributed by atoms with Gasteiger partial charge in [-0.2, -0.15) is 0 Å². The third-order valence-corrected chi connectivity index (χ3v) is 5.45. The molecule has 0 aliphatic carbocycles. The second-order valence-corrected chi connectivity index (χ2v) is 7.36. The number of ether oxygens (including phenoxy) is 1. The zero-order valence-electron chi connectivity index (χ0n) is 16.5. The van der Waals surface area contributed by atoms with E-state index in [9.17, 15) is 14.9 Å². The fraction of sp³-hybridized carbons (Fsp3) is 0.100. The summed E-state index contributed by atoms with van der Waals surface area (Å²) >= 11 is 1.35. The smallest absolute Gasteiger partial charge is 0.354 e. The van der Waals surface area contributed by atoms with E-state index in [1.807, 2.05) is 24.3 Å². The van der Waals surface area contributed by atoms with E-state index in [0.717, 1.165) is 10.2 Å². The Bertz CT molecular complexity index is 1260. The molecule has 0 atom stereocenters. The Morgan fingerprint density at radius 1 is 1.16 bits per heavy atom. The Labute approximate surface area is 180 Å². The first-order chi connectivity index (χ1) is 15.0. The fourth-order valence-corrected chi connectivity index (χ4v) is 3.93. The van der Waals surface area contributed by atoms with Gasteiger partial charge in [0, 0.05) is 7.05 Å². The van der Waals surface area contributed by atoms with Crippen molar-refractivity contribution in [1.82, 2.24) is 15.0 Å². The minimum atomic E-state index is -0.567. The Morgan fingerprint density at radius 2 is 1.90 bits per heavy atom. The van der Waals surface area contributed by atoms with Gasteiger partial charge >= 0.3 is 11.7 Å². The lowest BCUT2D eigenvalue weighted by Gasteiger charge is -2.20. The van der Waals surface area contributed by atoms with Gasteiger partial charge in [-0.1, -0.05) is 35.6 Å². The summed E-state index contributed by atoms with van der Waals surface area (Å²) in [7, 11) is 2.85. The molecule has 1 N–H and O–H groups in total. The maximum absolute atomic E-state index is 12.1. The van der Waals surface area contributed by atoms with E-state index < -0.39 is 10.9 Å². The number of carbonyl (C=O) groups is 1. The van der Waals surface area contributed by atoms with Gasteiger partial charge in [-0.05, 0) is 24.3 Å². The average molecular weight is 436 g/mol. The molecule has 0 unspecified atom stereocenters. The van der Waals surface area contributed by atoms with Crippen molar-refractivity contribution in [1.29, 1.82) is 0 Å². The molecule has 2 heterocycles. The predicted octanol–water partition coefficient (Wildman–Crippen LogP) is 4.29. The van der Waals surface area contributed by atoms with E-state index in [1.54, 1.807) is 31.3 Å². The van der Waals surface area contributed by atoms with Crippen LogP contribution in [0.2, 0.25) is 0 Å². The molecule has 2 aromatic heterocycles. The Morgan fingerprint density at radius 3 is 2.65 bits per heavy atom. The molecule has 0 aliphatic rings. The van der Waals surface area contributed by atoms with Crippen LogP contribution in [0, 0.1) is 10.1 Å². The topological polar surface area (TPSA) is 123 Å². The number of esters is 1. The van der Waals surface area contributed by atoms with E-state index in [4.69, 9.17) is 4.74 Å². The molecule has 11 heteroatoms. The first-order valence-corrected chi connectivity index (χ1v) is 9.84. The summed E-state index contributed by atoms with van der Waals surface area (Å²) in [5.74, 6) is -0.552. The molecule has 0 fully saturated rings. The van der Waals surface area contributed by atoms with Gasteiger partial charge in [0.05, 0.1) is 33.5 Å². The summed E-state index contributed by atoms with van der Waals surface area (Å²) in [5, 5.41) is 15.4. The third kappa shape index (κ3) is 3.85. The largest absolute Gasteiger partial charge is 0.465 e. The average Bonchev–Trinajstić information content (AvgIpc) is 3.20. The summed E-state index contributed by atoms with van der Waals surface area (Å²) in [6.45, 7) is 0. The number of anilines is 4. The van der Waals surface area contributed by atoms with Gasteiger partial charge in [0.1, 0.15) is 6.33 Å². The van der Waals surface area contributed by atoms with Crippen LogP contribution in [0.15, 0.2) is 54.9 Å². The van der Waals surface area contributed by atoms with Crippen molar-refractivity contribution in [3.8, 4) is 0 Å². The van der Waals surface area contributed by atoms with Crippen molar-refractivity contribution < 1.29 is 14.5 Å². The number of hydrogen-bond acceptors (Lipinski definition) is 10. The van der Waals surface area contributed by atoms with Crippen molar-refractivity contribution in [2.24, 2.45) is 0 Å². The SMILES string of the molecule is COC(=O)c1ccccc1N(C)c1ncnc(Nc2nc3ccccc3s2)c1[N+](=O)[O-]. The van der Waals surface area contributed by atoms with E-state index in [1.165, 1.54) is 29.7 Å². The van der Waals surface area contributed by atoms with Gasteiger partial charge in [-0.15, -0.1) is 0 Å². The van der Waals surface area contributed by atoms with Gasteiger partial charge in [0.15, 0.2) is 5.13 Å². The molecule has 0 radical (unpaired) electrons. The van der Waals surface area contributed by atoms with Crippen molar-refractivity contribution in [3.63, 3.8) is 0 Å². The molecule has 156 valence electrons. The van der Waals surface area contributed by atoms with E-state index in [0.29, 0.717) is 10.8 Å². The third-order valence-electron chi connectivity index (χ3n) is 4.49.